The second-order valence-electron chi connectivity index (χ2n) is 4.37. The van der Waals surface area contributed by atoms with E-state index < -0.39 is 0 Å². The van der Waals surface area contributed by atoms with Gasteiger partial charge in [-0.3, -0.25) is 0 Å². The van der Waals surface area contributed by atoms with Gasteiger partial charge in [-0.25, -0.2) is 0 Å². The summed E-state index contributed by atoms with van der Waals surface area (Å²) in [7, 11) is 0. The van der Waals surface area contributed by atoms with Crippen molar-refractivity contribution in [2.45, 2.75) is 25.4 Å². The van der Waals surface area contributed by atoms with Crippen LogP contribution in [0.5, 0.6) is 5.75 Å². The van der Waals surface area contributed by atoms with Gasteiger partial charge in [-0.05, 0) is 43.5 Å². The van der Waals surface area contributed by atoms with Gasteiger partial charge in [0, 0.05) is 11.6 Å². The Balaban J connectivity index is 2.18. The highest BCUT2D eigenvalue weighted by Gasteiger charge is 2.19. The topological polar surface area (TPSA) is 44.5 Å². The average molecular weight is 290 g/mol. The second-order valence-corrected chi connectivity index (χ2v) is 5.22. The molecule has 0 aliphatic carbocycles. The minimum atomic E-state index is 0.0638. The number of rotatable bonds is 4. The van der Waals surface area contributed by atoms with Crippen molar-refractivity contribution in [1.82, 2.24) is 0 Å². The molecule has 1 atom stereocenters. The molecule has 3 nitrogen and oxygen atoms in total. The van der Waals surface area contributed by atoms with Crippen LogP contribution >= 0.6 is 23.2 Å². The lowest BCUT2D eigenvalue weighted by Crippen LogP contribution is -2.28. The molecule has 0 spiro atoms. The molecular weight excluding hydrogens is 273 g/mol. The van der Waals surface area contributed by atoms with E-state index in [-0.39, 0.29) is 6.10 Å². The maximum Gasteiger partial charge on any atom is 0.141 e. The van der Waals surface area contributed by atoms with Gasteiger partial charge in [-0.1, -0.05) is 23.2 Å². The summed E-state index contributed by atoms with van der Waals surface area (Å²) in [5.74, 6) is 0.696. The van der Waals surface area contributed by atoms with E-state index in [2.05, 4.69) is 0 Å². The van der Waals surface area contributed by atoms with E-state index >= 15 is 0 Å². The first-order chi connectivity index (χ1) is 8.70. The fourth-order valence-electron chi connectivity index (χ4n) is 2.06. The molecule has 1 heterocycles. The van der Waals surface area contributed by atoms with Crippen LogP contribution in [0.3, 0.4) is 0 Å². The molecule has 1 unspecified atom stereocenters. The lowest BCUT2D eigenvalue weighted by Gasteiger charge is -2.25. The molecule has 1 aromatic rings. The van der Waals surface area contributed by atoms with Crippen LogP contribution in [0.15, 0.2) is 12.1 Å². The van der Waals surface area contributed by atoms with Gasteiger partial charge >= 0.3 is 0 Å². The molecule has 0 amide bonds. The quantitative estimate of drug-likeness (QED) is 0.927. The molecule has 0 aromatic heterocycles. The van der Waals surface area contributed by atoms with Gasteiger partial charge in [0.2, 0.25) is 0 Å². The van der Waals surface area contributed by atoms with Crippen molar-refractivity contribution in [3.8, 4) is 5.75 Å². The van der Waals surface area contributed by atoms with E-state index in [4.69, 9.17) is 38.4 Å². The van der Waals surface area contributed by atoms with Crippen molar-refractivity contribution in [1.29, 1.82) is 0 Å². The first-order valence-electron chi connectivity index (χ1n) is 6.13. The van der Waals surface area contributed by atoms with Crippen LogP contribution in [-0.2, 0) is 11.2 Å². The van der Waals surface area contributed by atoms with Crippen LogP contribution in [0, 0.1) is 0 Å². The molecule has 1 saturated heterocycles. The Morgan fingerprint density at radius 2 is 2.22 bits per heavy atom. The highest BCUT2D eigenvalue weighted by molar-refractivity contribution is 6.35. The molecule has 18 heavy (non-hydrogen) atoms. The fraction of sp³-hybridized carbons (Fsp3) is 0.538. The smallest absolute Gasteiger partial charge is 0.141 e. The summed E-state index contributed by atoms with van der Waals surface area (Å²) in [6.45, 7) is 1.96. The molecule has 100 valence electrons. The third kappa shape index (κ3) is 3.51. The maximum absolute atomic E-state index is 6.20. The molecule has 5 heteroatoms. The molecular formula is C13H17Cl2NO2. The summed E-state index contributed by atoms with van der Waals surface area (Å²) >= 11 is 12.2. The van der Waals surface area contributed by atoms with E-state index in [1.54, 1.807) is 6.07 Å². The molecule has 0 bridgehead atoms. The zero-order valence-electron chi connectivity index (χ0n) is 10.1. The summed E-state index contributed by atoms with van der Waals surface area (Å²) in [6.07, 6.45) is 2.76. The van der Waals surface area contributed by atoms with Crippen molar-refractivity contribution in [3.05, 3.63) is 27.7 Å². The number of hydrogen-bond acceptors (Lipinski definition) is 3. The van der Waals surface area contributed by atoms with E-state index in [9.17, 15) is 0 Å². The predicted molar refractivity (Wildman–Crippen MR) is 73.7 cm³/mol. The van der Waals surface area contributed by atoms with Gasteiger partial charge in [0.1, 0.15) is 11.9 Å². The van der Waals surface area contributed by atoms with Crippen LogP contribution in [0.2, 0.25) is 10.0 Å². The van der Waals surface area contributed by atoms with Crippen molar-refractivity contribution in [3.63, 3.8) is 0 Å². The zero-order chi connectivity index (χ0) is 13.0. The highest BCUT2D eigenvalue weighted by Crippen LogP contribution is 2.34. The third-order valence-electron chi connectivity index (χ3n) is 2.90. The van der Waals surface area contributed by atoms with Crippen LogP contribution < -0.4 is 10.5 Å². The zero-order valence-corrected chi connectivity index (χ0v) is 11.6. The Kier molecular flexibility index (Phi) is 5.13. The first kappa shape index (κ1) is 13.9. The van der Waals surface area contributed by atoms with Crippen molar-refractivity contribution in [2.24, 2.45) is 5.73 Å². The summed E-state index contributed by atoms with van der Waals surface area (Å²) < 4.78 is 11.4. The van der Waals surface area contributed by atoms with Crippen LogP contribution in [0.1, 0.15) is 18.4 Å². The first-order valence-corrected chi connectivity index (χ1v) is 6.88. The number of nitrogens with two attached hydrogens (primary N) is 1. The minimum Gasteiger partial charge on any atom is -0.486 e. The van der Waals surface area contributed by atoms with Gasteiger partial charge in [0.25, 0.3) is 0 Å². The SMILES string of the molecule is NCCc1cc(Cl)cc(Cl)c1OC1CCCOC1. The van der Waals surface area contributed by atoms with Gasteiger partial charge < -0.3 is 15.2 Å². The lowest BCUT2D eigenvalue weighted by molar-refractivity contribution is 0.00710. The van der Waals surface area contributed by atoms with Crippen LogP contribution in [0.25, 0.3) is 0 Å². The normalized spacial score (nSPS) is 19.8. The average Bonchev–Trinajstić information content (AvgIpc) is 2.35. The number of hydrogen-bond donors (Lipinski definition) is 1. The molecule has 1 aromatic carbocycles. The Hall–Kier alpha value is -0.480. The Morgan fingerprint density at radius 3 is 2.89 bits per heavy atom. The van der Waals surface area contributed by atoms with Gasteiger partial charge in [-0.2, -0.15) is 0 Å². The van der Waals surface area contributed by atoms with Crippen LogP contribution in [0.4, 0.5) is 0 Å². The van der Waals surface area contributed by atoms with Crippen LogP contribution in [-0.4, -0.2) is 25.9 Å². The van der Waals surface area contributed by atoms with Crippen molar-refractivity contribution < 1.29 is 9.47 Å². The molecule has 1 aliphatic heterocycles. The molecule has 2 rings (SSSR count). The van der Waals surface area contributed by atoms with E-state index in [0.29, 0.717) is 35.4 Å². The maximum atomic E-state index is 6.20. The van der Waals surface area contributed by atoms with E-state index in [1.807, 2.05) is 6.07 Å². The van der Waals surface area contributed by atoms with Crippen molar-refractivity contribution >= 4 is 23.2 Å². The largest absolute Gasteiger partial charge is 0.486 e. The Bertz CT molecular complexity index is 406. The molecule has 1 aliphatic rings. The predicted octanol–water partition coefficient (Wildman–Crippen LogP) is 3.05. The highest BCUT2D eigenvalue weighted by atomic mass is 35.5. The number of halogens is 2. The summed E-state index contributed by atoms with van der Waals surface area (Å²) in [6, 6.07) is 3.56. The van der Waals surface area contributed by atoms with E-state index in [1.165, 1.54) is 0 Å². The summed E-state index contributed by atoms with van der Waals surface area (Å²) in [4.78, 5) is 0. The molecule has 0 radical (unpaired) electrons. The third-order valence-corrected chi connectivity index (χ3v) is 3.40. The summed E-state index contributed by atoms with van der Waals surface area (Å²) in [5.41, 5.74) is 6.56. The van der Waals surface area contributed by atoms with E-state index in [0.717, 1.165) is 25.0 Å². The standard InChI is InChI=1S/C13H17Cl2NO2/c14-10-6-9(3-4-16)13(12(15)7-10)18-11-2-1-5-17-8-11/h6-7,11H,1-5,8,16H2. The Morgan fingerprint density at radius 1 is 1.39 bits per heavy atom. The number of ether oxygens (including phenoxy) is 2. The summed E-state index contributed by atoms with van der Waals surface area (Å²) in [5, 5.41) is 1.15. The monoisotopic (exact) mass is 289 g/mol. The molecule has 0 saturated carbocycles. The van der Waals surface area contributed by atoms with Gasteiger partial charge in [0.15, 0.2) is 0 Å². The second kappa shape index (κ2) is 6.62. The van der Waals surface area contributed by atoms with Gasteiger partial charge in [-0.15, -0.1) is 0 Å². The fourth-order valence-corrected chi connectivity index (χ4v) is 2.64. The van der Waals surface area contributed by atoms with Gasteiger partial charge in [0.05, 0.1) is 11.6 Å². The Labute approximate surface area is 117 Å². The number of benzene rings is 1. The molecule has 2 N–H and O–H groups in total. The lowest BCUT2D eigenvalue weighted by atomic mass is 10.1. The molecule has 1 fully saturated rings. The minimum absolute atomic E-state index is 0.0638. The van der Waals surface area contributed by atoms with Crippen molar-refractivity contribution in [2.75, 3.05) is 19.8 Å².